The van der Waals surface area contributed by atoms with Crippen LogP contribution >= 0.6 is 0 Å². The fourth-order valence-corrected chi connectivity index (χ4v) is 3.10. The van der Waals surface area contributed by atoms with E-state index < -0.39 is 0 Å². The molecular formula is C19H27N3O. The van der Waals surface area contributed by atoms with Gasteiger partial charge in [-0.05, 0) is 48.8 Å². The highest BCUT2D eigenvalue weighted by Gasteiger charge is 2.20. The van der Waals surface area contributed by atoms with Crippen LogP contribution in [0.2, 0.25) is 0 Å². The Morgan fingerprint density at radius 2 is 2.13 bits per heavy atom. The number of anilines is 1. The Kier molecular flexibility index (Phi) is 4.17. The lowest BCUT2D eigenvalue weighted by atomic mass is 9.85. The zero-order valence-electron chi connectivity index (χ0n) is 14.6. The second-order valence-electron chi connectivity index (χ2n) is 8.11. The first kappa shape index (κ1) is 16.0. The number of aromatic nitrogens is 2. The monoisotopic (exact) mass is 313 g/mol. The van der Waals surface area contributed by atoms with E-state index in [1.54, 1.807) is 0 Å². The number of rotatable bonds is 4. The quantitative estimate of drug-likeness (QED) is 0.902. The molecule has 0 aromatic carbocycles. The second kappa shape index (κ2) is 5.99. The van der Waals surface area contributed by atoms with Crippen LogP contribution in [0, 0.1) is 18.3 Å². The van der Waals surface area contributed by atoms with Crippen molar-refractivity contribution < 1.29 is 4.79 Å². The minimum Gasteiger partial charge on any atom is -0.346 e. The molecule has 0 atom stereocenters. The average molecular weight is 313 g/mol. The number of fused-ring (bicyclic) bond motifs is 1. The predicted molar refractivity (Wildman–Crippen MR) is 94.5 cm³/mol. The van der Waals surface area contributed by atoms with E-state index in [1.165, 1.54) is 24.8 Å². The highest BCUT2D eigenvalue weighted by molar-refractivity contribution is 5.92. The van der Waals surface area contributed by atoms with Gasteiger partial charge < -0.3 is 9.88 Å². The summed E-state index contributed by atoms with van der Waals surface area (Å²) in [5, 5.41) is 2.97. The summed E-state index contributed by atoms with van der Waals surface area (Å²) in [6.45, 7) is 9.30. The fraction of sp³-hybridized carbons (Fsp3) is 0.579. The van der Waals surface area contributed by atoms with Gasteiger partial charge in [0.1, 0.15) is 5.82 Å². The number of hydrogen-bond acceptors (Lipinski definition) is 2. The maximum Gasteiger partial charge on any atom is 0.226 e. The molecule has 4 heteroatoms. The first-order valence-corrected chi connectivity index (χ1v) is 8.58. The standard InChI is InChI=1S/C19H27N3O/c1-13-10-16-15(8-9-22(16)12-14-6-5-7-14)20-18(13)21-17(23)11-19(2,3)4/h8-10,14H,5-7,11-12H2,1-4H3,(H,20,21,23). The van der Waals surface area contributed by atoms with Crippen LogP contribution in [0.4, 0.5) is 5.82 Å². The number of carbonyl (C=O) groups is 1. The molecule has 1 amide bonds. The maximum atomic E-state index is 12.2. The van der Waals surface area contributed by atoms with E-state index in [2.05, 4.69) is 47.9 Å². The van der Waals surface area contributed by atoms with Crippen LogP contribution in [0.15, 0.2) is 18.3 Å². The largest absolute Gasteiger partial charge is 0.346 e. The Hall–Kier alpha value is -1.84. The van der Waals surface area contributed by atoms with Crippen molar-refractivity contribution in [3.63, 3.8) is 0 Å². The van der Waals surface area contributed by atoms with Gasteiger partial charge >= 0.3 is 0 Å². The van der Waals surface area contributed by atoms with E-state index in [4.69, 9.17) is 0 Å². The number of carbonyl (C=O) groups excluding carboxylic acids is 1. The molecule has 3 rings (SSSR count). The summed E-state index contributed by atoms with van der Waals surface area (Å²) < 4.78 is 2.31. The zero-order valence-corrected chi connectivity index (χ0v) is 14.6. The van der Waals surface area contributed by atoms with Gasteiger partial charge in [0, 0.05) is 19.2 Å². The molecule has 0 unspecified atom stereocenters. The number of aryl methyl sites for hydroxylation is 1. The van der Waals surface area contributed by atoms with Gasteiger partial charge in [-0.15, -0.1) is 0 Å². The first-order valence-electron chi connectivity index (χ1n) is 8.58. The van der Waals surface area contributed by atoms with Gasteiger partial charge in [-0.1, -0.05) is 27.2 Å². The van der Waals surface area contributed by atoms with Gasteiger partial charge in [0.15, 0.2) is 0 Å². The smallest absolute Gasteiger partial charge is 0.226 e. The molecule has 2 aromatic rings. The van der Waals surface area contributed by atoms with Crippen LogP contribution < -0.4 is 5.32 Å². The normalized spacial score (nSPS) is 15.7. The Morgan fingerprint density at radius 3 is 2.74 bits per heavy atom. The Morgan fingerprint density at radius 1 is 1.39 bits per heavy atom. The lowest BCUT2D eigenvalue weighted by molar-refractivity contribution is -0.117. The molecule has 0 spiro atoms. The number of pyridine rings is 1. The molecule has 4 nitrogen and oxygen atoms in total. The number of nitrogens with one attached hydrogen (secondary N) is 1. The molecule has 23 heavy (non-hydrogen) atoms. The molecule has 0 saturated heterocycles. The lowest BCUT2D eigenvalue weighted by Crippen LogP contribution is -2.20. The van der Waals surface area contributed by atoms with Gasteiger partial charge in [-0.25, -0.2) is 4.98 Å². The molecule has 1 N–H and O–H groups in total. The maximum absolute atomic E-state index is 12.2. The summed E-state index contributed by atoms with van der Waals surface area (Å²) in [5.41, 5.74) is 3.13. The third-order valence-corrected chi connectivity index (χ3v) is 4.57. The van der Waals surface area contributed by atoms with E-state index in [9.17, 15) is 4.79 Å². The van der Waals surface area contributed by atoms with E-state index in [0.717, 1.165) is 23.5 Å². The molecular weight excluding hydrogens is 286 g/mol. The minimum atomic E-state index is -0.0197. The summed E-state index contributed by atoms with van der Waals surface area (Å²) in [7, 11) is 0. The van der Waals surface area contributed by atoms with Crippen LogP contribution in [0.25, 0.3) is 11.0 Å². The van der Waals surface area contributed by atoms with Crippen molar-refractivity contribution in [1.29, 1.82) is 0 Å². The van der Waals surface area contributed by atoms with Crippen molar-refractivity contribution in [1.82, 2.24) is 9.55 Å². The SMILES string of the molecule is Cc1cc2c(ccn2CC2CCC2)nc1NC(=O)CC(C)(C)C. The topological polar surface area (TPSA) is 46.9 Å². The van der Waals surface area contributed by atoms with Crippen LogP contribution in [0.1, 0.15) is 52.0 Å². The number of hydrogen-bond donors (Lipinski definition) is 1. The Labute approximate surface area is 138 Å². The summed E-state index contributed by atoms with van der Waals surface area (Å²) in [6, 6.07) is 4.19. The third-order valence-electron chi connectivity index (χ3n) is 4.57. The van der Waals surface area contributed by atoms with Crippen LogP contribution in [0.3, 0.4) is 0 Å². The highest BCUT2D eigenvalue weighted by Crippen LogP contribution is 2.30. The van der Waals surface area contributed by atoms with Gasteiger partial charge in [-0.3, -0.25) is 4.79 Å². The molecule has 1 saturated carbocycles. The zero-order chi connectivity index (χ0) is 16.6. The molecule has 1 aliphatic carbocycles. The summed E-state index contributed by atoms with van der Waals surface area (Å²) >= 11 is 0. The average Bonchev–Trinajstić information content (AvgIpc) is 2.74. The van der Waals surface area contributed by atoms with E-state index >= 15 is 0 Å². The van der Waals surface area contributed by atoms with Gasteiger partial charge in [0.05, 0.1) is 11.0 Å². The van der Waals surface area contributed by atoms with Crippen molar-refractivity contribution in [3.05, 3.63) is 23.9 Å². The lowest BCUT2D eigenvalue weighted by Gasteiger charge is -2.26. The third kappa shape index (κ3) is 3.74. The molecule has 0 radical (unpaired) electrons. The molecule has 124 valence electrons. The molecule has 2 aromatic heterocycles. The fourth-order valence-electron chi connectivity index (χ4n) is 3.10. The number of nitrogens with zero attached hydrogens (tertiary/aromatic N) is 2. The van der Waals surface area contributed by atoms with Crippen LogP contribution in [0.5, 0.6) is 0 Å². The molecule has 0 aliphatic heterocycles. The van der Waals surface area contributed by atoms with E-state index in [1.807, 2.05) is 13.0 Å². The minimum absolute atomic E-state index is 0.0197. The predicted octanol–water partition coefficient (Wildman–Crippen LogP) is 4.52. The van der Waals surface area contributed by atoms with Crippen molar-refractivity contribution in [2.24, 2.45) is 11.3 Å². The summed E-state index contributed by atoms with van der Waals surface area (Å²) in [4.78, 5) is 16.8. The molecule has 1 aliphatic rings. The van der Waals surface area contributed by atoms with Crippen molar-refractivity contribution in [3.8, 4) is 0 Å². The van der Waals surface area contributed by atoms with Crippen LogP contribution in [-0.2, 0) is 11.3 Å². The number of amides is 1. The Balaban J connectivity index is 1.80. The van der Waals surface area contributed by atoms with Crippen molar-refractivity contribution in [2.45, 2.75) is 59.9 Å². The Bertz CT molecular complexity index is 720. The first-order chi connectivity index (χ1) is 10.8. The van der Waals surface area contributed by atoms with Crippen LogP contribution in [-0.4, -0.2) is 15.5 Å². The molecule has 1 fully saturated rings. The van der Waals surface area contributed by atoms with Gasteiger partial charge in [0.25, 0.3) is 0 Å². The van der Waals surface area contributed by atoms with Crippen molar-refractivity contribution in [2.75, 3.05) is 5.32 Å². The summed E-state index contributed by atoms with van der Waals surface area (Å²) in [5.74, 6) is 1.53. The molecule has 2 heterocycles. The second-order valence-corrected chi connectivity index (χ2v) is 8.11. The highest BCUT2D eigenvalue weighted by atomic mass is 16.1. The van der Waals surface area contributed by atoms with Gasteiger partial charge in [0.2, 0.25) is 5.91 Å². The van der Waals surface area contributed by atoms with Gasteiger partial charge in [-0.2, -0.15) is 0 Å². The van der Waals surface area contributed by atoms with E-state index in [-0.39, 0.29) is 11.3 Å². The summed E-state index contributed by atoms with van der Waals surface area (Å²) in [6.07, 6.45) is 6.66. The van der Waals surface area contributed by atoms with E-state index in [0.29, 0.717) is 12.2 Å². The molecule has 0 bridgehead atoms. The van der Waals surface area contributed by atoms with Crippen molar-refractivity contribution >= 4 is 22.8 Å².